The van der Waals surface area contributed by atoms with E-state index in [0.29, 0.717) is 17.9 Å². The summed E-state index contributed by atoms with van der Waals surface area (Å²) in [5.41, 5.74) is 1.91. The molecule has 0 saturated carbocycles. The van der Waals surface area contributed by atoms with Crippen molar-refractivity contribution in [3.63, 3.8) is 0 Å². The molecule has 2 N–H and O–H groups in total. The van der Waals surface area contributed by atoms with Crippen LogP contribution < -0.4 is 9.47 Å². The first-order chi connectivity index (χ1) is 9.28. The lowest BCUT2D eigenvalue weighted by Crippen LogP contribution is -1.92. The molecule has 0 amide bonds. The third-order valence-corrected chi connectivity index (χ3v) is 2.89. The quantitative estimate of drug-likeness (QED) is 0.835. The summed E-state index contributed by atoms with van der Waals surface area (Å²) in [5, 5.41) is 8.81. The standard InChI is InChI=1S/C14H18N2O3/c1-18-12-6-5-10(8-13(12)19-2)11-9-15-14(16-11)4-3-7-17/h5-6,8-9,17H,3-4,7H2,1-2H3,(H,15,16). The first-order valence-electron chi connectivity index (χ1n) is 6.15. The molecule has 19 heavy (non-hydrogen) atoms. The van der Waals surface area contributed by atoms with Gasteiger partial charge in [0.1, 0.15) is 5.82 Å². The first kappa shape index (κ1) is 13.4. The lowest BCUT2D eigenvalue weighted by molar-refractivity contribution is 0.287. The van der Waals surface area contributed by atoms with Crippen LogP contribution in [0.25, 0.3) is 11.3 Å². The first-order valence-corrected chi connectivity index (χ1v) is 6.15. The van der Waals surface area contributed by atoms with Crippen molar-refractivity contribution in [2.45, 2.75) is 12.8 Å². The Kier molecular flexibility index (Phi) is 4.41. The highest BCUT2D eigenvalue weighted by Gasteiger charge is 2.08. The molecular formula is C14H18N2O3. The van der Waals surface area contributed by atoms with Crippen LogP contribution in [0.5, 0.6) is 11.5 Å². The second-order valence-corrected chi connectivity index (χ2v) is 4.14. The van der Waals surface area contributed by atoms with Crippen LogP contribution in [-0.2, 0) is 6.42 Å². The van der Waals surface area contributed by atoms with Gasteiger partial charge in [0.25, 0.3) is 0 Å². The minimum atomic E-state index is 0.173. The number of aryl methyl sites for hydroxylation is 1. The highest BCUT2D eigenvalue weighted by atomic mass is 16.5. The molecule has 5 heteroatoms. The molecule has 5 nitrogen and oxygen atoms in total. The van der Waals surface area contributed by atoms with Gasteiger partial charge in [-0.1, -0.05) is 0 Å². The average Bonchev–Trinajstić information content (AvgIpc) is 2.93. The summed E-state index contributed by atoms with van der Waals surface area (Å²) in [7, 11) is 3.22. The molecule has 0 aliphatic heterocycles. The zero-order chi connectivity index (χ0) is 13.7. The number of benzene rings is 1. The predicted octanol–water partition coefficient (Wildman–Crippen LogP) is 2.02. The average molecular weight is 262 g/mol. The number of methoxy groups -OCH3 is 2. The molecule has 0 aliphatic carbocycles. The van der Waals surface area contributed by atoms with Gasteiger partial charge in [-0.25, -0.2) is 4.98 Å². The number of aromatic amines is 1. The van der Waals surface area contributed by atoms with E-state index in [0.717, 1.165) is 23.5 Å². The maximum Gasteiger partial charge on any atom is 0.161 e. The van der Waals surface area contributed by atoms with Crippen LogP contribution >= 0.6 is 0 Å². The van der Waals surface area contributed by atoms with Crippen LogP contribution in [0.1, 0.15) is 12.2 Å². The number of hydrogen-bond acceptors (Lipinski definition) is 4. The molecule has 2 aromatic rings. The summed E-state index contributed by atoms with van der Waals surface area (Å²) in [6, 6.07) is 5.72. The molecule has 1 aromatic carbocycles. The Labute approximate surface area is 112 Å². The maximum absolute atomic E-state index is 8.81. The molecule has 0 unspecified atom stereocenters. The lowest BCUT2D eigenvalue weighted by Gasteiger charge is -2.08. The fourth-order valence-electron chi connectivity index (χ4n) is 1.89. The zero-order valence-corrected chi connectivity index (χ0v) is 11.1. The number of nitrogens with zero attached hydrogens (tertiary/aromatic N) is 1. The van der Waals surface area contributed by atoms with Crippen molar-refractivity contribution in [1.29, 1.82) is 0 Å². The summed E-state index contributed by atoms with van der Waals surface area (Å²) in [6.45, 7) is 0.173. The molecule has 0 atom stereocenters. The fraction of sp³-hybridized carbons (Fsp3) is 0.357. The third kappa shape index (κ3) is 3.06. The van der Waals surface area contributed by atoms with Crippen LogP contribution in [-0.4, -0.2) is 35.9 Å². The van der Waals surface area contributed by atoms with E-state index in [2.05, 4.69) is 9.97 Å². The van der Waals surface area contributed by atoms with Crippen LogP contribution in [0.15, 0.2) is 24.4 Å². The van der Waals surface area contributed by atoms with Crippen molar-refractivity contribution < 1.29 is 14.6 Å². The van der Waals surface area contributed by atoms with Crippen LogP contribution in [0, 0.1) is 0 Å². The van der Waals surface area contributed by atoms with Gasteiger partial charge in [-0.15, -0.1) is 0 Å². The van der Waals surface area contributed by atoms with E-state index in [9.17, 15) is 0 Å². The Morgan fingerprint density at radius 1 is 1.21 bits per heavy atom. The zero-order valence-electron chi connectivity index (χ0n) is 11.1. The number of nitrogens with one attached hydrogen (secondary N) is 1. The number of rotatable bonds is 6. The molecule has 102 valence electrons. The van der Waals surface area contributed by atoms with Gasteiger partial charge in [-0.05, 0) is 24.6 Å². The van der Waals surface area contributed by atoms with Crippen molar-refractivity contribution in [1.82, 2.24) is 9.97 Å². The summed E-state index contributed by atoms with van der Waals surface area (Å²) >= 11 is 0. The van der Waals surface area contributed by atoms with Crippen LogP contribution in [0.4, 0.5) is 0 Å². The molecule has 0 aliphatic rings. The molecule has 1 aromatic heterocycles. The van der Waals surface area contributed by atoms with E-state index in [-0.39, 0.29) is 6.61 Å². The Morgan fingerprint density at radius 3 is 2.68 bits per heavy atom. The molecular weight excluding hydrogens is 244 g/mol. The van der Waals surface area contributed by atoms with Crippen molar-refractivity contribution in [2.75, 3.05) is 20.8 Å². The Hall–Kier alpha value is -2.01. The molecule has 2 rings (SSSR count). The number of aromatic nitrogens is 2. The predicted molar refractivity (Wildman–Crippen MR) is 72.5 cm³/mol. The van der Waals surface area contributed by atoms with Gasteiger partial charge in [0.15, 0.2) is 11.5 Å². The number of ether oxygens (including phenoxy) is 2. The Bertz CT molecular complexity index is 537. The van der Waals surface area contributed by atoms with Gasteiger partial charge < -0.3 is 19.6 Å². The minimum absolute atomic E-state index is 0.173. The Morgan fingerprint density at radius 2 is 2.00 bits per heavy atom. The van der Waals surface area contributed by atoms with Crippen molar-refractivity contribution >= 4 is 0 Å². The topological polar surface area (TPSA) is 67.4 Å². The van der Waals surface area contributed by atoms with Gasteiger partial charge in [0.05, 0.1) is 26.1 Å². The summed E-state index contributed by atoms with van der Waals surface area (Å²) in [4.78, 5) is 7.52. The molecule has 0 radical (unpaired) electrons. The molecule has 0 fully saturated rings. The van der Waals surface area contributed by atoms with Gasteiger partial charge in [0, 0.05) is 18.6 Å². The highest BCUT2D eigenvalue weighted by Crippen LogP contribution is 2.31. The number of aliphatic hydroxyl groups excluding tert-OH is 1. The lowest BCUT2D eigenvalue weighted by atomic mass is 10.1. The van der Waals surface area contributed by atoms with Crippen molar-refractivity contribution in [3.05, 3.63) is 30.2 Å². The normalized spacial score (nSPS) is 10.5. The third-order valence-electron chi connectivity index (χ3n) is 2.89. The van der Waals surface area contributed by atoms with Crippen molar-refractivity contribution in [3.8, 4) is 22.8 Å². The number of aliphatic hydroxyl groups is 1. The summed E-state index contributed by atoms with van der Waals surface area (Å²) < 4.78 is 10.5. The van der Waals surface area contributed by atoms with E-state index in [1.807, 2.05) is 18.2 Å². The van der Waals surface area contributed by atoms with Gasteiger partial charge >= 0.3 is 0 Å². The number of imidazole rings is 1. The molecule has 0 bridgehead atoms. The second-order valence-electron chi connectivity index (χ2n) is 4.14. The van der Waals surface area contributed by atoms with Crippen molar-refractivity contribution in [2.24, 2.45) is 0 Å². The second kappa shape index (κ2) is 6.24. The SMILES string of the molecule is COc1ccc(-c2cnc(CCCO)[nH]2)cc1OC. The molecule has 0 saturated heterocycles. The fourth-order valence-corrected chi connectivity index (χ4v) is 1.89. The number of H-pyrrole nitrogens is 1. The van der Waals surface area contributed by atoms with E-state index < -0.39 is 0 Å². The van der Waals surface area contributed by atoms with E-state index in [1.165, 1.54) is 0 Å². The highest BCUT2D eigenvalue weighted by molar-refractivity contribution is 5.63. The minimum Gasteiger partial charge on any atom is -0.493 e. The Balaban J connectivity index is 2.23. The van der Waals surface area contributed by atoms with Crippen LogP contribution in [0.2, 0.25) is 0 Å². The van der Waals surface area contributed by atoms with Gasteiger partial charge in [-0.3, -0.25) is 0 Å². The van der Waals surface area contributed by atoms with Gasteiger partial charge in [0.2, 0.25) is 0 Å². The maximum atomic E-state index is 8.81. The largest absolute Gasteiger partial charge is 0.493 e. The van der Waals surface area contributed by atoms with Crippen LogP contribution in [0.3, 0.4) is 0 Å². The molecule has 0 spiro atoms. The molecule has 1 heterocycles. The number of hydrogen-bond donors (Lipinski definition) is 2. The van der Waals surface area contributed by atoms with E-state index >= 15 is 0 Å². The van der Waals surface area contributed by atoms with E-state index in [4.69, 9.17) is 14.6 Å². The van der Waals surface area contributed by atoms with E-state index in [1.54, 1.807) is 20.4 Å². The van der Waals surface area contributed by atoms with Gasteiger partial charge in [-0.2, -0.15) is 0 Å². The monoisotopic (exact) mass is 262 g/mol. The summed E-state index contributed by atoms with van der Waals surface area (Å²) in [6.07, 6.45) is 3.23. The summed E-state index contributed by atoms with van der Waals surface area (Å²) in [5.74, 6) is 2.26. The smallest absolute Gasteiger partial charge is 0.161 e.